The Bertz CT molecular complexity index is 924. The lowest BCUT2D eigenvalue weighted by atomic mass is 10.2. The van der Waals surface area contributed by atoms with Gasteiger partial charge in [0, 0.05) is 18.2 Å². The van der Waals surface area contributed by atoms with Crippen molar-refractivity contribution in [2.24, 2.45) is 0 Å². The molecule has 0 radical (unpaired) electrons. The van der Waals surface area contributed by atoms with E-state index >= 15 is 0 Å². The Morgan fingerprint density at radius 1 is 1.22 bits per heavy atom. The molecule has 2 heterocycles. The summed E-state index contributed by atoms with van der Waals surface area (Å²) < 4.78 is 11.3. The molecule has 140 valence electrons. The van der Waals surface area contributed by atoms with Crippen molar-refractivity contribution in [3.8, 4) is 11.5 Å². The van der Waals surface area contributed by atoms with Crippen LogP contribution in [0.1, 0.15) is 24.4 Å². The van der Waals surface area contributed by atoms with Crippen molar-refractivity contribution in [1.29, 1.82) is 0 Å². The summed E-state index contributed by atoms with van der Waals surface area (Å²) >= 11 is 1.54. The monoisotopic (exact) mass is 383 g/mol. The van der Waals surface area contributed by atoms with Gasteiger partial charge in [0.1, 0.15) is 5.82 Å². The molecular weight excluding hydrogens is 362 g/mol. The Balaban J connectivity index is 1.34. The number of anilines is 1. The number of amides is 1. The first-order valence-electron chi connectivity index (χ1n) is 8.95. The van der Waals surface area contributed by atoms with Gasteiger partial charge in [-0.25, -0.2) is 4.98 Å². The number of hydrogen-bond donors (Lipinski definition) is 2. The number of thioether (sulfide) groups is 1. The summed E-state index contributed by atoms with van der Waals surface area (Å²) in [6, 6.07) is 13.4. The number of H-pyrrole nitrogens is 1. The third-order valence-corrected chi connectivity index (χ3v) is 5.44. The van der Waals surface area contributed by atoms with Crippen LogP contribution in [0.15, 0.2) is 42.5 Å². The van der Waals surface area contributed by atoms with Crippen molar-refractivity contribution in [1.82, 2.24) is 9.97 Å². The van der Waals surface area contributed by atoms with Gasteiger partial charge >= 0.3 is 0 Å². The van der Waals surface area contributed by atoms with Crippen LogP contribution >= 0.6 is 11.8 Å². The molecule has 0 saturated heterocycles. The Labute approximate surface area is 161 Å². The van der Waals surface area contributed by atoms with Gasteiger partial charge in [0.05, 0.1) is 35.2 Å². The molecule has 2 aromatic carbocycles. The molecule has 1 amide bonds. The predicted octanol–water partition coefficient (Wildman–Crippen LogP) is 4.16. The number of benzene rings is 2. The Hall–Kier alpha value is -2.67. The fourth-order valence-electron chi connectivity index (χ4n) is 2.88. The minimum absolute atomic E-state index is 0.0579. The molecule has 6 nitrogen and oxygen atoms in total. The van der Waals surface area contributed by atoms with Crippen LogP contribution in [0.5, 0.6) is 11.5 Å². The average Bonchev–Trinajstić information content (AvgIpc) is 2.98. The molecule has 0 spiro atoms. The SMILES string of the molecule is CC(SCC(=O)Nc1ccc2c(c1)OCCCO2)c1nc2ccccc2[nH]1. The maximum atomic E-state index is 12.3. The van der Waals surface area contributed by atoms with E-state index in [0.717, 1.165) is 29.0 Å². The van der Waals surface area contributed by atoms with Crippen LogP contribution in [-0.4, -0.2) is 34.8 Å². The topological polar surface area (TPSA) is 76.2 Å². The summed E-state index contributed by atoms with van der Waals surface area (Å²) in [6.45, 7) is 3.31. The van der Waals surface area contributed by atoms with Crippen LogP contribution in [0, 0.1) is 0 Å². The van der Waals surface area contributed by atoms with E-state index in [1.54, 1.807) is 11.8 Å². The molecule has 7 heteroatoms. The number of para-hydroxylation sites is 2. The molecule has 1 unspecified atom stereocenters. The van der Waals surface area contributed by atoms with E-state index in [1.807, 2.05) is 49.4 Å². The number of aromatic amines is 1. The quantitative estimate of drug-likeness (QED) is 0.692. The second-order valence-corrected chi connectivity index (χ2v) is 7.68. The van der Waals surface area contributed by atoms with E-state index in [-0.39, 0.29) is 11.2 Å². The zero-order valence-corrected chi connectivity index (χ0v) is 15.8. The summed E-state index contributed by atoms with van der Waals surface area (Å²) in [6.07, 6.45) is 0.854. The first kappa shape index (κ1) is 17.7. The third kappa shape index (κ3) is 4.19. The minimum Gasteiger partial charge on any atom is -0.490 e. The summed E-state index contributed by atoms with van der Waals surface area (Å²) in [7, 11) is 0. The highest BCUT2D eigenvalue weighted by Crippen LogP contribution is 2.32. The molecule has 2 N–H and O–H groups in total. The van der Waals surface area contributed by atoms with Crippen LogP contribution in [-0.2, 0) is 4.79 Å². The molecule has 1 aliphatic heterocycles. The highest BCUT2D eigenvalue weighted by molar-refractivity contribution is 8.00. The summed E-state index contributed by atoms with van der Waals surface area (Å²) in [5.41, 5.74) is 2.66. The summed E-state index contributed by atoms with van der Waals surface area (Å²) in [4.78, 5) is 20.2. The highest BCUT2D eigenvalue weighted by atomic mass is 32.2. The molecular formula is C20H21N3O3S. The number of fused-ring (bicyclic) bond motifs is 2. The van der Waals surface area contributed by atoms with Crippen LogP contribution in [0.3, 0.4) is 0 Å². The molecule has 27 heavy (non-hydrogen) atoms. The number of carbonyl (C=O) groups is 1. The number of ether oxygens (including phenoxy) is 2. The molecule has 3 aromatic rings. The fraction of sp³-hybridized carbons (Fsp3) is 0.300. The van der Waals surface area contributed by atoms with Crippen molar-refractivity contribution in [2.75, 3.05) is 24.3 Å². The fourth-order valence-corrected chi connectivity index (χ4v) is 3.63. The largest absolute Gasteiger partial charge is 0.490 e. The maximum absolute atomic E-state index is 12.3. The van der Waals surface area contributed by atoms with Gasteiger partial charge in [-0.3, -0.25) is 4.79 Å². The van der Waals surface area contributed by atoms with Gasteiger partial charge < -0.3 is 19.8 Å². The average molecular weight is 383 g/mol. The van der Waals surface area contributed by atoms with E-state index < -0.39 is 0 Å². The molecule has 0 fully saturated rings. The molecule has 4 rings (SSSR count). The first-order chi connectivity index (χ1) is 13.2. The van der Waals surface area contributed by atoms with Crippen molar-refractivity contribution in [3.63, 3.8) is 0 Å². The summed E-state index contributed by atoms with van der Waals surface area (Å²) in [5, 5.41) is 3.01. The van der Waals surface area contributed by atoms with Crippen LogP contribution < -0.4 is 14.8 Å². The molecule has 0 saturated carbocycles. The zero-order chi connectivity index (χ0) is 18.6. The van der Waals surface area contributed by atoms with Gasteiger partial charge in [-0.1, -0.05) is 12.1 Å². The molecule has 0 bridgehead atoms. The van der Waals surface area contributed by atoms with E-state index in [1.165, 1.54) is 0 Å². The predicted molar refractivity (Wildman–Crippen MR) is 108 cm³/mol. The van der Waals surface area contributed by atoms with Gasteiger partial charge in [-0.05, 0) is 31.2 Å². The summed E-state index contributed by atoms with van der Waals surface area (Å²) in [5.74, 6) is 2.56. The standard InChI is InChI=1S/C20H21N3O3S/c1-13(20-22-15-5-2-3-6-16(15)23-20)27-12-19(24)21-14-7-8-17-18(11-14)26-10-4-9-25-17/h2-3,5-8,11,13H,4,9-10,12H2,1H3,(H,21,24)(H,22,23). The van der Waals surface area contributed by atoms with Crippen molar-refractivity contribution >= 4 is 34.4 Å². The molecule has 1 aromatic heterocycles. The van der Waals surface area contributed by atoms with E-state index in [9.17, 15) is 4.79 Å². The van der Waals surface area contributed by atoms with Gasteiger partial charge in [0.25, 0.3) is 0 Å². The van der Waals surface area contributed by atoms with Crippen molar-refractivity contribution in [3.05, 3.63) is 48.3 Å². The van der Waals surface area contributed by atoms with E-state index in [4.69, 9.17) is 9.47 Å². The first-order valence-corrected chi connectivity index (χ1v) is 10.00. The lowest BCUT2D eigenvalue weighted by molar-refractivity contribution is -0.113. The number of hydrogen-bond acceptors (Lipinski definition) is 5. The normalized spacial score (nSPS) is 14.6. The van der Waals surface area contributed by atoms with Crippen molar-refractivity contribution in [2.45, 2.75) is 18.6 Å². The Kier molecular flexibility index (Phi) is 5.20. The second-order valence-electron chi connectivity index (χ2n) is 6.35. The number of nitrogens with zero attached hydrogens (tertiary/aromatic N) is 1. The zero-order valence-electron chi connectivity index (χ0n) is 15.0. The molecule has 1 atom stereocenters. The minimum atomic E-state index is -0.0579. The van der Waals surface area contributed by atoms with Crippen LogP contribution in [0.2, 0.25) is 0 Å². The highest BCUT2D eigenvalue weighted by Gasteiger charge is 2.15. The number of imidazole rings is 1. The Morgan fingerprint density at radius 3 is 2.89 bits per heavy atom. The van der Waals surface area contributed by atoms with E-state index in [2.05, 4.69) is 15.3 Å². The third-order valence-electron chi connectivity index (χ3n) is 4.29. The van der Waals surface area contributed by atoms with Crippen LogP contribution in [0.25, 0.3) is 11.0 Å². The van der Waals surface area contributed by atoms with Gasteiger partial charge in [0.2, 0.25) is 5.91 Å². The number of carbonyl (C=O) groups excluding carboxylic acids is 1. The number of rotatable bonds is 5. The number of nitrogens with one attached hydrogen (secondary N) is 2. The molecule has 1 aliphatic rings. The number of aromatic nitrogens is 2. The van der Waals surface area contributed by atoms with Crippen molar-refractivity contribution < 1.29 is 14.3 Å². The van der Waals surface area contributed by atoms with Crippen LogP contribution in [0.4, 0.5) is 5.69 Å². The Morgan fingerprint density at radius 2 is 2.04 bits per heavy atom. The van der Waals surface area contributed by atoms with Gasteiger partial charge in [0.15, 0.2) is 11.5 Å². The maximum Gasteiger partial charge on any atom is 0.234 e. The van der Waals surface area contributed by atoms with E-state index in [0.29, 0.717) is 30.4 Å². The van der Waals surface area contributed by atoms with Gasteiger partial charge in [-0.2, -0.15) is 0 Å². The second kappa shape index (κ2) is 7.92. The lowest BCUT2D eigenvalue weighted by Gasteiger charge is -2.11. The molecule has 0 aliphatic carbocycles. The smallest absolute Gasteiger partial charge is 0.234 e. The lowest BCUT2D eigenvalue weighted by Crippen LogP contribution is -2.15. The van der Waals surface area contributed by atoms with Gasteiger partial charge in [-0.15, -0.1) is 11.8 Å².